The molecule has 1 atom stereocenters. The van der Waals surface area contributed by atoms with E-state index in [0.29, 0.717) is 6.42 Å². The van der Waals surface area contributed by atoms with Crippen molar-refractivity contribution in [3.8, 4) is 0 Å². The molecule has 4 rings (SSSR count). The molecule has 41 heavy (non-hydrogen) atoms. The lowest BCUT2D eigenvalue weighted by molar-refractivity contribution is -0.117. The number of hydrogen-bond donors (Lipinski definition) is 3. The van der Waals surface area contributed by atoms with Gasteiger partial charge in [0.1, 0.15) is 0 Å². The Labute approximate surface area is 245 Å². The Morgan fingerprint density at radius 1 is 0.634 bits per heavy atom. The first-order valence-electron chi connectivity index (χ1n) is 15.8. The molecule has 0 aliphatic carbocycles. The number of aromatic amines is 2. The average molecular weight is 557 g/mol. The third kappa shape index (κ3) is 5.58. The third-order valence-electron chi connectivity index (χ3n) is 9.00. The molecule has 2 aromatic heterocycles. The minimum atomic E-state index is -0.0908. The molecule has 2 aliphatic heterocycles. The van der Waals surface area contributed by atoms with Gasteiger partial charge in [-0.15, -0.1) is 0 Å². The number of aliphatic imine (C=N–C) groups is 1. The predicted molar refractivity (Wildman–Crippen MR) is 170 cm³/mol. The number of aromatic nitrogens is 2. The largest absolute Gasteiger partial charge is 0.358 e. The molecule has 3 N–H and O–H groups in total. The second-order valence-electron chi connectivity index (χ2n) is 11.0. The molecule has 0 aromatic carbocycles. The molecule has 2 amide bonds. The average Bonchev–Trinajstić information content (AvgIpc) is 3.67. The number of nitrogens with zero attached hydrogens (tertiary/aromatic N) is 1. The van der Waals surface area contributed by atoms with Crippen LogP contribution in [0.3, 0.4) is 0 Å². The minimum Gasteiger partial charge on any atom is -0.358 e. The Morgan fingerprint density at radius 3 is 1.76 bits per heavy atom. The van der Waals surface area contributed by atoms with Crippen LogP contribution in [0.25, 0.3) is 12.2 Å². The summed E-state index contributed by atoms with van der Waals surface area (Å²) in [7, 11) is 0. The standard InChI is InChI=1S/C35H48N4O2/c1-9-20-22(11-3)30(18-32-24(13-5)26(15-7)34(40)38-32)36-28(20)17-29-21(10-2)23(12-4)31(37-29)19-33-25(14-6)27(16-8)35(41)39-33/h17-18,33,36-37H,9-16,19H2,1-8H3,(H,39,41)/b28-17-,30-18+. The maximum atomic E-state index is 12.6. The molecular weight excluding hydrogens is 508 g/mol. The number of H-pyrrole nitrogens is 2. The number of amides is 2. The highest BCUT2D eigenvalue weighted by atomic mass is 16.2. The molecular formula is C35H48N4O2. The number of carbonyl (C=O) groups is 2. The van der Waals surface area contributed by atoms with Gasteiger partial charge in [-0.05, 0) is 96.9 Å². The SMILES string of the molecule is CCC1=C(CC)C(/C=c2/[nH]/c(=C\c3[nH]c(CC4NC(=O)C(CC)=C4CC)c(CC)c3CC)c(CC)c2CC)=NC1=O. The van der Waals surface area contributed by atoms with E-state index in [1.165, 1.54) is 33.5 Å². The lowest BCUT2D eigenvalue weighted by Crippen LogP contribution is -2.31. The van der Waals surface area contributed by atoms with Crippen molar-refractivity contribution in [2.45, 2.75) is 119 Å². The quantitative estimate of drug-likeness (QED) is 0.324. The monoisotopic (exact) mass is 556 g/mol. The number of carbonyl (C=O) groups excluding carboxylic acids is 2. The van der Waals surface area contributed by atoms with Crippen LogP contribution in [0.1, 0.15) is 115 Å². The van der Waals surface area contributed by atoms with Crippen molar-refractivity contribution in [3.63, 3.8) is 0 Å². The van der Waals surface area contributed by atoms with Gasteiger partial charge in [-0.25, -0.2) is 4.99 Å². The summed E-state index contributed by atoms with van der Waals surface area (Å²) < 4.78 is 0. The van der Waals surface area contributed by atoms with Crippen molar-refractivity contribution in [2.75, 3.05) is 0 Å². The minimum absolute atomic E-state index is 0.0530. The maximum Gasteiger partial charge on any atom is 0.273 e. The van der Waals surface area contributed by atoms with Crippen LogP contribution >= 0.6 is 0 Å². The summed E-state index contributed by atoms with van der Waals surface area (Å²) in [6.45, 7) is 17.2. The fraction of sp³-hybridized carbons (Fsp3) is 0.514. The van der Waals surface area contributed by atoms with E-state index in [2.05, 4.69) is 80.9 Å². The van der Waals surface area contributed by atoms with Crippen molar-refractivity contribution in [3.05, 3.63) is 66.6 Å². The molecule has 2 aromatic rings. The molecule has 0 spiro atoms. The van der Waals surface area contributed by atoms with Gasteiger partial charge in [0.25, 0.3) is 5.91 Å². The van der Waals surface area contributed by atoms with Gasteiger partial charge < -0.3 is 15.3 Å². The Morgan fingerprint density at radius 2 is 1.22 bits per heavy atom. The van der Waals surface area contributed by atoms with Gasteiger partial charge in [0.15, 0.2) is 0 Å². The van der Waals surface area contributed by atoms with E-state index in [0.717, 1.165) is 90.2 Å². The Hall–Kier alpha value is -3.41. The van der Waals surface area contributed by atoms with E-state index < -0.39 is 0 Å². The lowest BCUT2D eigenvalue weighted by atomic mass is 9.95. The summed E-state index contributed by atoms with van der Waals surface area (Å²) in [5.41, 5.74) is 12.6. The van der Waals surface area contributed by atoms with E-state index in [1.807, 2.05) is 6.92 Å². The maximum absolute atomic E-state index is 12.6. The van der Waals surface area contributed by atoms with Crippen molar-refractivity contribution in [1.82, 2.24) is 15.3 Å². The van der Waals surface area contributed by atoms with Crippen molar-refractivity contribution < 1.29 is 9.59 Å². The summed E-state index contributed by atoms with van der Waals surface area (Å²) in [6, 6.07) is 0.0530. The first kappa shape index (κ1) is 30.5. The summed E-state index contributed by atoms with van der Waals surface area (Å²) in [6.07, 6.45) is 12.0. The van der Waals surface area contributed by atoms with Crippen molar-refractivity contribution in [1.29, 1.82) is 0 Å². The van der Waals surface area contributed by atoms with Gasteiger partial charge in [-0.1, -0.05) is 55.4 Å². The smallest absolute Gasteiger partial charge is 0.273 e. The van der Waals surface area contributed by atoms with E-state index in [4.69, 9.17) is 0 Å². The number of rotatable bonds is 12. The second kappa shape index (κ2) is 13.1. The van der Waals surface area contributed by atoms with Gasteiger partial charge in [0, 0.05) is 39.7 Å². The molecule has 1 unspecified atom stereocenters. The van der Waals surface area contributed by atoms with Gasteiger partial charge in [0.05, 0.1) is 11.8 Å². The molecule has 4 heterocycles. The second-order valence-corrected chi connectivity index (χ2v) is 11.0. The highest BCUT2D eigenvalue weighted by Crippen LogP contribution is 2.29. The summed E-state index contributed by atoms with van der Waals surface area (Å²) in [5, 5.41) is 5.41. The predicted octanol–water partition coefficient (Wildman–Crippen LogP) is 5.46. The molecule has 2 aliphatic rings. The van der Waals surface area contributed by atoms with Gasteiger partial charge >= 0.3 is 0 Å². The van der Waals surface area contributed by atoms with Crippen LogP contribution in [0.15, 0.2) is 27.3 Å². The van der Waals surface area contributed by atoms with E-state index in [-0.39, 0.29) is 17.9 Å². The molecule has 0 radical (unpaired) electrons. The normalized spacial score (nSPS) is 18.4. The summed E-state index contributed by atoms with van der Waals surface area (Å²) in [5.74, 6) is 0.00360. The van der Waals surface area contributed by atoms with Crippen LogP contribution in [-0.2, 0) is 41.7 Å². The summed E-state index contributed by atoms with van der Waals surface area (Å²) in [4.78, 5) is 37.1. The number of allylic oxidation sites excluding steroid dienone is 1. The van der Waals surface area contributed by atoms with Crippen LogP contribution in [0.2, 0.25) is 0 Å². The zero-order valence-electron chi connectivity index (χ0n) is 26.4. The van der Waals surface area contributed by atoms with Crippen LogP contribution in [-0.4, -0.2) is 33.5 Å². The molecule has 0 bridgehead atoms. The van der Waals surface area contributed by atoms with Crippen LogP contribution in [0.4, 0.5) is 0 Å². The number of hydrogen-bond acceptors (Lipinski definition) is 2. The summed E-state index contributed by atoms with van der Waals surface area (Å²) >= 11 is 0. The zero-order chi connectivity index (χ0) is 29.8. The molecule has 0 fully saturated rings. The first-order chi connectivity index (χ1) is 19.8. The first-order valence-corrected chi connectivity index (χ1v) is 15.8. The molecule has 0 saturated carbocycles. The van der Waals surface area contributed by atoms with Crippen molar-refractivity contribution in [2.24, 2.45) is 4.99 Å². The topological polar surface area (TPSA) is 90.1 Å². The van der Waals surface area contributed by atoms with E-state index in [1.54, 1.807) is 0 Å². The van der Waals surface area contributed by atoms with Crippen LogP contribution in [0.5, 0.6) is 0 Å². The third-order valence-corrected chi connectivity index (χ3v) is 9.00. The van der Waals surface area contributed by atoms with Crippen LogP contribution in [0, 0.1) is 0 Å². The van der Waals surface area contributed by atoms with Crippen LogP contribution < -0.4 is 16.0 Å². The Kier molecular flexibility index (Phi) is 9.72. The molecule has 6 heteroatoms. The highest BCUT2D eigenvalue weighted by Gasteiger charge is 2.30. The number of nitrogens with one attached hydrogen (secondary N) is 3. The fourth-order valence-electron chi connectivity index (χ4n) is 7.06. The van der Waals surface area contributed by atoms with Gasteiger partial charge in [-0.2, -0.15) is 0 Å². The molecule has 0 saturated heterocycles. The van der Waals surface area contributed by atoms with E-state index in [9.17, 15) is 9.59 Å². The Balaban J connectivity index is 1.83. The van der Waals surface area contributed by atoms with Gasteiger partial charge in [0.2, 0.25) is 5.91 Å². The lowest BCUT2D eigenvalue weighted by Gasteiger charge is -2.15. The zero-order valence-corrected chi connectivity index (χ0v) is 26.4. The highest BCUT2D eigenvalue weighted by molar-refractivity contribution is 6.31. The fourth-order valence-corrected chi connectivity index (χ4v) is 7.06. The Bertz CT molecular complexity index is 1560. The van der Waals surface area contributed by atoms with E-state index >= 15 is 0 Å². The molecule has 6 nitrogen and oxygen atoms in total. The van der Waals surface area contributed by atoms with Gasteiger partial charge in [-0.3, -0.25) is 9.59 Å². The van der Waals surface area contributed by atoms with Crippen molar-refractivity contribution >= 4 is 29.7 Å². The molecule has 220 valence electrons.